The maximum atomic E-state index is 13.8. The second-order valence-electron chi connectivity index (χ2n) is 9.87. The van der Waals surface area contributed by atoms with Crippen molar-refractivity contribution in [3.05, 3.63) is 106 Å². The van der Waals surface area contributed by atoms with E-state index in [1.165, 1.54) is 0 Å². The molecule has 0 saturated carbocycles. The Bertz CT molecular complexity index is 1380. The van der Waals surface area contributed by atoms with Crippen molar-refractivity contribution >= 4 is 15.9 Å². The van der Waals surface area contributed by atoms with E-state index in [0.29, 0.717) is 0 Å². The minimum absolute atomic E-state index is 0.0377. The first-order chi connectivity index (χ1) is 18.6. The van der Waals surface area contributed by atoms with Crippen molar-refractivity contribution in [1.82, 2.24) is 16.0 Å². The van der Waals surface area contributed by atoms with E-state index in [1.807, 2.05) is 55.5 Å². The van der Waals surface area contributed by atoms with Crippen LogP contribution in [0, 0.1) is 11.6 Å². The molecule has 10 heteroatoms. The number of hydrogen-bond donors (Lipinski definition) is 4. The van der Waals surface area contributed by atoms with Gasteiger partial charge in [-0.15, -0.1) is 0 Å². The van der Waals surface area contributed by atoms with E-state index in [4.69, 9.17) is 0 Å². The molecule has 0 radical (unpaired) electrons. The molecular formula is C29H33F2N3O4S. The number of aryl methyl sites for hydroxylation is 1. The predicted octanol–water partition coefficient (Wildman–Crippen LogP) is 3.56. The van der Waals surface area contributed by atoms with Gasteiger partial charge in [-0.05, 0) is 52.8 Å². The fourth-order valence-corrected chi connectivity index (χ4v) is 6.46. The molecule has 3 unspecified atom stereocenters. The first-order valence-corrected chi connectivity index (χ1v) is 14.7. The summed E-state index contributed by atoms with van der Waals surface area (Å²) in [5, 5.41) is 19.7. The largest absolute Gasteiger partial charge is 0.390 e. The van der Waals surface area contributed by atoms with Gasteiger partial charge in [0.15, 0.2) is 9.84 Å². The summed E-state index contributed by atoms with van der Waals surface area (Å²) >= 11 is 0. The maximum absolute atomic E-state index is 13.8. The summed E-state index contributed by atoms with van der Waals surface area (Å²) in [6.07, 6.45) is -0.444. The van der Waals surface area contributed by atoms with Crippen LogP contribution >= 0.6 is 0 Å². The minimum atomic E-state index is -3.35. The quantitative estimate of drug-likeness (QED) is 0.305. The Balaban J connectivity index is 1.48. The predicted molar refractivity (Wildman–Crippen MR) is 146 cm³/mol. The molecule has 7 nitrogen and oxygen atoms in total. The summed E-state index contributed by atoms with van der Waals surface area (Å²) in [6.45, 7) is 2.21. The van der Waals surface area contributed by atoms with Crippen molar-refractivity contribution in [2.24, 2.45) is 0 Å². The van der Waals surface area contributed by atoms with Gasteiger partial charge in [-0.1, -0.05) is 55.5 Å². The molecule has 1 heterocycles. The van der Waals surface area contributed by atoms with Crippen molar-refractivity contribution in [2.45, 2.75) is 50.3 Å². The summed E-state index contributed by atoms with van der Waals surface area (Å²) in [5.41, 5.74) is 3.80. The number of carbonyl (C=O) groups excluding carboxylic acids is 1. The number of nitrogens with one attached hydrogen (secondary N) is 3. The first kappa shape index (κ1) is 28.7. The molecule has 3 atom stereocenters. The molecule has 2 amide bonds. The average Bonchev–Trinajstić information content (AvgIpc) is 2.89. The van der Waals surface area contributed by atoms with Crippen molar-refractivity contribution in [3.8, 4) is 0 Å². The van der Waals surface area contributed by atoms with E-state index in [0.717, 1.165) is 46.9 Å². The van der Waals surface area contributed by atoms with E-state index in [2.05, 4.69) is 16.0 Å². The standard InChI is InChI=1S/C29H33F2N3O4S/c1-2-19-8-9-22-17-39(37,38)18-27(25(22)12-19)32-16-28(35)26(13-21-10-23(30)14-24(31)11-21)34-29(36)33-15-20-6-4-3-5-7-20/h3-12,14,26-28,32,35H,2,13,15-18H2,1H3,(H2,33,34,36). The van der Waals surface area contributed by atoms with E-state index < -0.39 is 45.7 Å². The Morgan fingerprint density at radius 3 is 2.41 bits per heavy atom. The van der Waals surface area contributed by atoms with E-state index in [-0.39, 0.29) is 36.6 Å². The van der Waals surface area contributed by atoms with Gasteiger partial charge in [-0.2, -0.15) is 0 Å². The van der Waals surface area contributed by atoms with Gasteiger partial charge in [0, 0.05) is 25.2 Å². The van der Waals surface area contributed by atoms with Crippen molar-refractivity contribution in [1.29, 1.82) is 0 Å². The highest BCUT2D eigenvalue weighted by molar-refractivity contribution is 7.90. The third kappa shape index (κ3) is 8.08. The number of rotatable bonds is 10. The van der Waals surface area contributed by atoms with Gasteiger partial charge >= 0.3 is 6.03 Å². The topological polar surface area (TPSA) is 108 Å². The number of benzene rings is 3. The van der Waals surface area contributed by atoms with Crippen LogP contribution in [-0.2, 0) is 35.0 Å². The van der Waals surface area contributed by atoms with Crippen LogP contribution in [0.5, 0.6) is 0 Å². The lowest BCUT2D eigenvalue weighted by Gasteiger charge is -2.30. The van der Waals surface area contributed by atoms with Crippen LogP contribution in [0.25, 0.3) is 0 Å². The van der Waals surface area contributed by atoms with E-state index >= 15 is 0 Å². The van der Waals surface area contributed by atoms with Gasteiger partial charge in [0.05, 0.1) is 23.7 Å². The molecule has 0 saturated heterocycles. The molecule has 0 spiro atoms. The highest BCUT2D eigenvalue weighted by Crippen LogP contribution is 2.29. The Hall–Kier alpha value is -3.34. The summed E-state index contributed by atoms with van der Waals surface area (Å²) in [6, 6.07) is 16.0. The normalized spacial score (nSPS) is 17.6. The SMILES string of the molecule is CCc1ccc2c(c1)C(NCC(O)C(Cc1cc(F)cc(F)c1)NC(=O)NCc1ccccc1)CS(=O)(=O)C2. The van der Waals surface area contributed by atoms with E-state index in [1.54, 1.807) is 0 Å². The first-order valence-electron chi connectivity index (χ1n) is 12.9. The van der Waals surface area contributed by atoms with Crippen molar-refractivity contribution in [2.75, 3.05) is 12.3 Å². The number of sulfone groups is 1. The zero-order valence-corrected chi connectivity index (χ0v) is 22.5. The lowest BCUT2D eigenvalue weighted by Crippen LogP contribution is -2.52. The number of amides is 2. The number of urea groups is 1. The van der Waals surface area contributed by atoms with Gasteiger partial charge < -0.3 is 21.1 Å². The fourth-order valence-electron chi connectivity index (χ4n) is 4.80. The molecule has 4 rings (SSSR count). The molecule has 0 fully saturated rings. The fraction of sp³-hybridized carbons (Fsp3) is 0.345. The van der Waals surface area contributed by atoms with Crippen LogP contribution in [-0.4, -0.2) is 44.0 Å². The summed E-state index contributed by atoms with van der Waals surface area (Å²) in [5.74, 6) is -1.68. The second-order valence-corrected chi connectivity index (χ2v) is 12.0. The molecule has 3 aromatic carbocycles. The smallest absolute Gasteiger partial charge is 0.315 e. The molecular weight excluding hydrogens is 524 g/mol. The summed E-state index contributed by atoms with van der Waals surface area (Å²) in [4.78, 5) is 12.7. The van der Waals surface area contributed by atoms with Crippen molar-refractivity contribution < 1.29 is 27.1 Å². The molecule has 0 aromatic heterocycles. The summed E-state index contributed by atoms with van der Waals surface area (Å²) in [7, 11) is -3.35. The number of aliphatic hydroxyl groups is 1. The van der Waals surface area contributed by atoms with Gasteiger partial charge in [-0.3, -0.25) is 0 Å². The molecule has 39 heavy (non-hydrogen) atoms. The number of aliphatic hydroxyl groups excluding tert-OH is 1. The van der Waals surface area contributed by atoms with Crippen LogP contribution in [0.15, 0.2) is 66.7 Å². The second kappa shape index (κ2) is 12.7. The maximum Gasteiger partial charge on any atom is 0.315 e. The Labute approximate surface area is 227 Å². The Morgan fingerprint density at radius 2 is 1.72 bits per heavy atom. The number of carbonyl (C=O) groups is 1. The minimum Gasteiger partial charge on any atom is -0.390 e. The van der Waals surface area contributed by atoms with Crippen LogP contribution < -0.4 is 16.0 Å². The molecule has 4 N–H and O–H groups in total. The van der Waals surface area contributed by atoms with E-state index in [9.17, 15) is 27.1 Å². The third-order valence-corrected chi connectivity index (χ3v) is 8.41. The lowest BCUT2D eigenvalue weighted by atomic mass is 9.97. The Morgan fingerprint density at radius 1 is 1.00 bits per heavy atom. The third-order valence-electron chi connectivity index (χ3n) is 6.82. The highest BCUT2D eigenvalue weighted by Gasteiger charge is 2.31. The van der Waals surface area contributed by atoms with Gasteiger partial charge in [0.1, 0.15) is 11.6 Å². The zero-order valence-electron chi connectivity index (χ0n) is 21.7. The summed E-state index contributed by atoms with van der Waals surface area (Å²) < 4.78 is 52.8. The van der Waals surface area contributed by atoms with Crippen molar-refractivity contribution in [3.63, 3.8) is 0 Å². The Kier molecular flexibility index (Phi) is 9.32. The average molecular weight is 558 g/mol. The number of fused-ring (bicyclic) bond motifs is 1. The molecule has 1 aliphatic rings. The lowest BCUT2D eigenvalue weighted by molar-refractivity contribution is 0.124. The van der Waals surface area contributed by atoms with Gasteiger partial charge in [0.2, 0.25) is 0 Å². The van der Waals surface area contributed by atoms with Gasteiger partial charge in [-0.25, -0.2) is 22.0 Å². The monoisotopic (exact) mass is 557 g/mol. The molecule has 1 aliphatic heterocycles. The van der Waals surface area contributed by atoms with Crippen LogP contribution in [0.3, 0.4) is 0 Å². The van der Waals surface area contributed by atoms with Crippen LogP contribution in [0.2, 0.25) is 0 Å². The van der Waals surface area contributed by atoms with Crippen LogP contribution in [0.4, 0.5) is 13.6 Å². The molecule has 0 aliphatic carbocycles. The zero-order chi connectivity index (χ0) is 28.0. The number of hydrogen-bond acceptors (Lipinski definition) is 5. The van der Waals surface area contributed by atoms with Gasteiger partial charge in [0.25, 0.3) is 0 Å². The number of halogens is 2. The molecule has 0 bridgehead atoms. The molecule has 208 valence electrons. The van der Waals surface area contributed by atoms with Crippen LogP contribution in [0.1, 0.15) is 40.8 Å². The molecule has 3 aromatic rings. The highest BCUT2D eigenvalue weighted by atomic mass is 32.2.